The van der Waals surface area contributed by atoms with Gasteiger partial charge in [-0.15, -0.1) is 0 Å². The molecule has 21 heavy (non-hydrogen) atoms. The van der Waals surface area contributed by atoms with Gasteiger partial charge in [0.25, 0.3) is 5.91 Å². The van der Waals surface area contributed by atoms with Gasteiger partial charge < -0.3 is 15.8 Å². The summed E-state index contributed by atoms with van der Waals surface area (Å²) in [6.07, 6.45) is 3.18. The molecule has 0 aromatic heterocycles. The minimum atomic E-state index is -0.0575. The number of benzene rings is 1. The number of methoxy groups -OCH3 is 1. The first-order valence-corrected chi connectivity index (χ1v) is 7.29. The molecule has 2 rings (SSSR count). The van der Waals surface area contributed by atoms with Crippen molar-refractivity contribution in [3.05, 3.63) is 34.9 Å². The van der Waals surface area contributed by atoms with Crippen molar-refractivity contribution in [3.8, 4) is 11.8 Å². The van der Waals surface area contributed by atoms with Gasteiger partial charge in [-0.2, -0.15) is 0 Å². The zero-order valence-electron chi connectivity index (χ0n) is 12.6. The number of aryl methyl sites for hydroxylation is 1. The zero-order valence-corrected chi connectivity index (χ0v) is 12.6. The topological polar surface area (TPSA) is 64.3 Å². The Hall–Kier alpha value is -1.83. The van der Waals surface area contributed by atoms with Crippen molar-refractivity contribution < 1.29 is 9.53 Å². The minimum Gasteiger partial charge on any atom is -0.379 e. The molecule has 0 saturated heterocycles. The number of carbonyl (C=O) groups excluding carboxylic acids is 1. The summed E-state index contributed by atoms with van der Waals surface area (Å²) in [7, 11) is 1.70. The van der Waals surface area contributed by atoms with Gasteiger partial charge in [-0.1, -0.05) is 17.9 Å². The molecule has 4 nitrogen and oxygen atoms in total. The Kier molecular flexibility index (Phi) is 5.38. The smallest absolute Gasteiger partial charge is 0.251 e. The summed E-state index contributed by atoms with van der Waals surface area (Å²) in [4.78, 5) is 12.5. The van der Waals surface area contributed by atoms with Gasteiger partial charge in [0.2, 0.25) is 0 Å². The molecule has 2 atom stereocenters. The fourth-order valence-electron chi connectivity index (χ4n) is 2.72. The molecule has 3 N–H and O–H groups in total. The third kappa shape index (κ3) is 3.84. The molecule has 1 aliphatic carbocycles. The van der Waals surface area contributed by atoms with Crippen LogP contribution in [0.5, 0.6) is 0 Å². The third-order valence-corrected chi connectivity index (χ3v) is 3.89. The maximum absolute atomic E-state index is 12.5. The number of nitrogens with two attached hydrogens (primary N) is 1. The molecule has 0 spiro atoms. The summed E-state index contributed by atoms with van der Waals surface area (Å²) in [5.74, 6) is 5.71. The van der Waals surface area contributed by atoms with Gasteiger partial charge in [0.1, 0.15) is 0 Å². The zero-order chi connectivity index (χ0) is 15.2. The average molecular weight is 286 g/mol. The molecule has 1 aromatic rings. The summed E-state index contributed by atoms with van der Waals surface area (Å²) < 4.78 is 5.42. The largest absolute Gasteiger partial charge is 0.379 e. The minimum absolute atomic E-state index is 0.0575. The number of hydrogen-bond donors (Lipinski definition) is 2. The van der Waals surface area contributed by atoms with E-state index < -0.39 is 0 Å². The van der Waals surface area contributed by atoms with Crippen LogP contribution in [-0.2, 0) is 4.74 Å². The lowest BCUT2D eigenvalue weighted by Gasteiger charge is -2.20. The molecule has 1 saturated carbocycles. The standard InChI is InChI=1S/C17H22N2O2/c1-12-8-9-13(5-4-10-18)11-14(12)17(20)19-15-6-3-7-16(15)21-2/h8-9,11,15-16H,3,6-7,10,18H2,1-2H3,(H,19,20). The number of ether oxygens (including phenoxy) is 1. The number of amides is 1. The fourth-order valence-corrected chi connectivity index (χ4v) is 2.72. The van der Waals surface area contributed by atoms with E-state index in [9.17, 15) is 4.79 Å². The van der Waals surface area contributed by atoms with E-state index in [0.717, 1.165) is 30.4 Å². The molecular weight excluding hydrogens is 264 g/mol. The van der Waals surface area contributed by atoms with Crippen LogP contribution in [0.2, 0.25) is 0 Å². The first-order valence-electron chi connectivity index (χ1n) is 7.29. The number of rotatable bonds is 3. The molecule has 1 aromatic carbocycles. The van der Waals surface area contributed by atoms with Gasteiger partial charge in [-0.05, 0) is 43.9 Å². The van der Waals surface area contributed by atoms with Crippen molar-refractivity contribution in [2.75, 3.05) is 13.7 Å². The van der Waals surface area contributed by atoms with E-state index in [1.54, 1.807) is 7.11 Å². The van der Waals surface area contributed by atoms with E-state index in [0.29, 0.717) is 12.1 Å². The maximum atomic E-state index is 12.5. The first kappa shape index (κ1) is 15.6. The summed E-state index contributed by atoms with van der Waals surface area (Å²) in [6, 6.07) is 5.74. The SMILES string of the molecule is COC1CCCC1NC(=O)c1cc(C#CCN)ccc1C. The molecule has 0 heterocycles. The Morgan fingerprint density at radius 3 is 3.00 bits per heavy atom. The Labute approximate surface area is 126 Å². The Morgan fingerprint density at radius 1 is 1.48 bits per heavy atom. The Morgan fingerprint density at radius 2 is 2.29 bits per heavy atom. The number of hydrogen-bond acceptors (Lipinski definition) is 3. The maximum Gasteiger partial charge on any atom is 0.251 e. The lowest BCUT2D eigenvalue weighted by molar-refractivity contribution is 0.0722. The highest BCUT2D eigenvalue weighted by Crippen LogP contribution is 2.22. The van der Waals surface area contributed by atoms with Crippen LogP contribution < -0.4 is 11.1 Å². The van der Waals surface area contributed by atoms with Gasteiger partial charge in [-0.3, -0.25) is 4.79 Å². The van der Waals surface area contributed by atoms with Crippen LogP contribution in [0.4, 0.5) is 0 Å². The molecule has 0 bridgehead atoms. The predicted molar refractivity (Wildman–Crippen MR) is 83.0 cm³/mol. The molecule has 1 amide bonds. The molecule has 4 heteroatoms. The van der Waals surface area contributed by atoms with Crippen LogP contribution in [-0.4, -0.2) is 31.7 Å². The van der Waals surface area contributed by atoms with E-state index in [-0.39, 0.29) is 18.1 Å². The number of carbonyl (C=O) groups is 1. The van der Waals surface area contributed by atoms with Gasteiger partial charge >= 0.3 is 0 Å². The van der Waals surface area contributed by atoms with Gasteiger partial charge in [-0.25, -0.2) is 0 Å². The molecule has 2 unspecified atom stereocenters. The third-order valence-electron chi connectivity index (χ3n) is 3.89. The molecule has 1 fully saturated rings. The van der Waals surface area contributed by atoms with Crippen molar-refractivity contribution in [2.45, 2.75) is 38.3 Å². The van der Waals surface area contributed by atoms with Gasteiger partial charge in [0.15, 0.2) is 0 Å². The number of nitrogens with one attached hydrogen (secondary N) is 1. The second-order valence-corrected chi connectivity index (χ2v) is 5.32. The monoisotopic (exact) mass is 286 g/mol. The average Bonchev–Trinajstić information content (AvgIpc) is 2.93. The fraction of sp³-hybridized carbons (Fsp3) is 0.471. The molecule has 1 aliphatic rings. The summed E-state index contributed by atoms with van der Waals surface area (Å²) in [5, 5.41) is 3.08. The highest BCUT2D eigenvalue weighted by Gasteiger charge is 2.28. The molecular formula is C17H22N2O2. The van der Waals surface area contributed by atoms with Crippen LogP contribution in [0.1, 0.15) is 40.7 Å². The summed E-state index contributed by atoms with van der Waals surface area (Å²) in [5.41, 5.74) is 7.80. The molecule has 0 aliphatic heterocycles. The van der Waals surface area contributed by atoms with E-state index in [4.69, 9.17) is 10.5 Å². The summed E-state index contributed by atoms with van der Waals surface area (Å²) in [6.45, 7) is 2.24. The van der Waals surface area contributed by atoms with E-state index in [1.807, 2.05) is 25.1 Å². The van der Waals surface area contributed by atoms with E-state index in [1.165, 1.54) is 0 Å². The lowest BCUT2D eigenvalue weighted by atomic mass is 10.0. The van der Waals surface area contributed by atoms with Crippen LogP contribution in [0, 0.1) is 18.8 Å². The first-order chi connectivity index (χ1) is 10.2. The second-order valence-electron chi connectivity index (χ2n) is 5.32. The van der Waals surface area contributed by atoms with Crippen LogP contribution in [0.3, 0.4) is 0 Å². The molecule has 112 valence electrons. The lowest BCUT2D eigenvalue weighted by Crippen LogP contribution is -2.40. The Bertz CT molecular complexity index is 572. The highest BCUT2D eigenvalue weighted by molar-refractivity contribution is 5.96. The van der Waals surface area contributed by atoms with Crippen molar-refractivity contribution in [2.24, 2.45) is 5.73 Å². The van der Waals surface area contributed by atoms with Crippen LogP contribution in [0.25, 0.3) is 0 Å². The van der Waals surface area contributed by atoms with Crippen molar-refractivity contribution >= 4 is 5.91 Å². The van der Waals surface area contributed by atoms with E-state index in [2.05, 4.69) is 17.2 Å². The van der Waals surface area contributed by atoms with Crippen molar-refractivity contribution in [1.29, 1.82) is 0 Å². The van der Waals surface area contributed by atoms with Gasteiger partial charge in [0, 0.05) is 18.2 Å². The second kappa shape index (κ2) is 7.26. The Balaban J connectivity index is 2.14. The normalized spacial score (nSPS) is 20.7. The summed E-state index contributed by atoms with van der Waals surface area (Å²) >= 11 is 0. The van der Waals surface area contributed by atoms with Crippen molar-refractivity contribution in [1.82, 2.24) is 5.32 Å². The highest BCUT2D eigenvalue weighted by atomic mass is 16.5. The van der Waals surface area contributed by atoms with Crippen LogP contribution in [0.15, 0.2) is 18.2 Å². The predicted octanol–water partition coefficient (Wildman–Crippen LogP) is 1.60. The van der Waals surface area contributed by atoms with Crippen molar-refractivity contribution in [3.63, 3.8) is 0 Å². The van der Waals surface area contributed by atoms with Gasteiger partial charge in [0.05, 0.1) is 18.7 Å². The molecule has 0 radical (unpaired) electrons. The van der Waals surface area contributed by atoms with Crippen LogP contribution >= 0.6 is 0 Å². The van der Waals surface area contributed by atoms with E-state index >= 15 is 0 Å². The quantitative estimate of drug-likeness (QED) is 0.830.